The van der Waals surface area contributed by atoms with Crippen molar-refractivity contribution in [2.75, 3.05) is 12.3 Å². The molecule has 1 heterocycles. The van der Waals surface area contributed by atoms with Crippen LogP contribution in [-0.2, 0) is 4.74 Å². The SMILES string of the molecule is CCOC(=O)c1ncn(C2CC2C(F)(F)F)c1N. The maximum Gasteiger partial charge on any atom is 0.393 e. The molecule has 0 saturated heterocycles. The first-order valence-corrected chi connectivity index (χ1v) is 5.42. The molecule has 2 N–H and O–H groups in total. The first kappa shape index (κ1) is 12.7. The van der Waals surface area contributed by atoms with Crippen molar-refractivity contribution in [3.63, 3.8) is 0 Å². The maximum atomic E-state index is 12.4. The maximum absolute atomic E-state index is 12.4. The molecule has 1 aliphatic rings. The Morgan fingerprint density at radius 3 is 2.83 bits per heavy atom. The fourth-order valence-electron chi connectivity index (χ4n) is 1.83. The molecule has 0 spiro atoms. The smallest absolute Gasteiger partial charge is 0.393 e. The monoisotopic (exact) mass is 263 g/mol. The lowest BCUT2D eigenvalue weighted by Gasteiger charge is -2.07. The van der Waals surface area contributed by atoms with E-state index in [0.717, 1.165) is 6.33 Å². The summed E-state index contributed by atoms with van der Waals surface area (Å²) in [5.41, 5.74) is 5.48. The number of hydrogen-bond donors (Lipinski definition) is 1. The van der Waals surface area contributed by atoms with Gasteiger partial charge in [-0.05, 0) is 13.3 Å². The van der Waals surface area contributed by atoms with E-state index in [9.17, 15) is 18.0 Å². The molecule has 8 heteroatoms. The second kappa shape index (κ2) is 4.18. The zero-order chi connectivity index (χ0) is 13.5. The third kappa shape index (κ3) is 2.14. The van der Waals surface area contributed by atoms with Gasteiger partial charge in [0.15, 0.2) is 5.69 Å². The topological polar surface area (TPSA) is 70.1 Å². The molecule has 0 bridgehead atoms. The van der Waals surface area contributed by atoms with Crippen LogP contribution < -0.4 is 5.73 Å². The van der Waals surface area contributed by atoms with Crippen molar-refractivity contribution < 1.29 is 22.7 Å². The predicted molar refractivity (Wildman–Crippen MR) is 55.8 cm³/mol. The summed E-state index contributed by atoms with van der Waals surface area (Å²) in [5.74, 6) is -2.22. The Morgan fingerprint density at radius 2 is 2.33 bits per heavy atom. The van der Waals surface area contributed by atoms with E-state index in [1.165, 1.54) is 4.57 Å². The predicted octanol–water partition coefficient (Wildman–Crippen LogP) is 1.77. The van der Waals surface area contributed by atoms with Gasteiger partial charge in [0, 0.05) is 6.04 Å². The number of hydrogen-bond acceptors (Lipinski definition) is 4. The minimum Gasteiger partial charge on any atom is -0.461 e. The van der Waals surface area contributed by atoms with Gasteiger partial charge in [0.05, 0.1) is 18.9 Å². The molecular weight excluding hydrogens is 251 g/mol. The van der Waals surface area contributed by atoms with Gasteiger partial charge in [-0.15, -0.1) is 0 Å². The van der Waals surface area contributed by atoms with Crippen LogP contribution >= 0.6 is 0 Å². The van der Waals surface area contributed by atoms with Crippen molar-refractivity contribution in [3.05, 3.63) is 12.0 Å². The third-order valence-corrected chi connectivity index (χ3v) is 2.84. The number of aromatic nitrogens is 2. The molecule has 0 amide bonds. The van der Waals surface area contributed by atoms with Gasteiger partial charge >= 0.3 is 12.1 Å². The number of carbonyl (C=O) groups excluding carboxylic acids is 1. The summed E-state index contributed by atoms with van der Waals surface area (Å²) in [6, 6.07) is -0.763. The number of halogens is 3. The van der Waals surface area contributed by atoms with Gasteiger partial charge in [-0.25, -0.2) is 9.78 Å². The van der Waals surface area contributed by atoms with Gasteiger partial charge < -0.3 is 15.0 Å². The largest absolute Gasteiger partial charge is 0.461 e. The van der Waals surface area contributed by atoms with E-state index in [1.807, 2.05) is 0 Å². The molecule has 2 unspecified atom stereocenters. The van der Waals surface area contributed by atoms with Crippen molar-refractivity contribution in [1.29, 1.82) is 0 Å². The number of rotatable bonds is 3. The Kier molecular flexibility index (Phi) is 2.95. The number of carbonyl (C=O) groups is 1. The first-order valence-electron chi connectivity index (χ1n) is 5.42. The number of nitrogens with zero attached hydrogens (tertiary/aromatic N) is 2. The molecular formula is C10H12F3N3O2. The lowest BCUT2D eigenvalue weighted by Crippen LogP contribution is -2.14. The van der Waals surface area contributed by atoms with Crippen LogP contribution in [0.2, 0.25) is 0 Å². The Morgan fingerprint density at radius 1 is 1.67 bits per heavy atom. The minimum absolute atomic E-state index is 0.0354. The fraction of sp³-hybridized carbons (Fsp3) is 0.600. The normalized spacial score (nSPS) is 22.9. The average molecular weight is 263 g/mol. The van der Waals surface area contributed by atoms with Crippen LogP contribution in [0.25, 0.3) is 0 Å². The molecule has 2 rings (SSSR count). The summed E-state index contributed by atoms with van der Waals surface area (Å²) in [7, 11) is 0. The highest BCUT2D eigenvalue weighted by atomic mass is 19.4. The summed E-state index contributed by atoms with van der Waals surface area (Å²) in [5, 5.41) is 0. The van der Waals surface area contributed by atoms with Crippen LogP contribution in [0.15, 0.2) is 6.33 Å². The van der Waals surface area contributed by atoms with Gasteiger partial charge in [0.25, 0.3) is 0 Å². The van der Waals surface area contributed by atoms with E-state index in [-0.39, 0.29) is 24.5 Å². The van der Waals surface area contributed by atoms with Crippen LogP contribution in [-0.4, -0.2) is 28.3 Å². The third-order valence-electron chi connectivity index (χ3n) is 2.84. The number of anilines is 1. The average Bonchev–Trinajstić information content (AvgIpc) is 2.97. The molecule has 1 aromatic heterocycles. The number of ether oxygens (including phenoxy) is 1. The molecule has 0 radical (unpaired) electrons. The highest BCUT2D eigenvalue weighted by Crippen LogP contribution is 2.54. The molecule has 1 aliphatic carbocycles. The van der Waals surface area contributed by atoms with Crippen LogP contribution in [0, 0.1) is 5.92 Å². The lowest BCUT2D eigenvalue weighted by molar-refractivity contribution is -0.150. The number of imidazole rings is 1. The second-order valence-electron chi connectivity index (χ2n) is 4.06. The summed E-state index contributed by atoms with van der Waals surface area (Å²) in [6.45, 7) is 1.77. The molecule has 1 aromatic rings. The molecule has 100 valence electrons. The number of alkyl halides is 3. The quantitative estimate of drug-likeness (QED) is 0.844. The van der Waals surface area contributed by atoms with Gasteiger partial charge in [0.2, 0.25) is 0 Å². The molecule has 2 atom stereocenters. The Bertz CT molecular complexity index is 469. The molecule has 0 aromatic carbocycles. The van der Waals surface area contributed by atoms with Crippen LogP contribution in [0.3, 0.4) is 0 Å². The Labute approximate surface area is 101 Å². The molecule has 1 fully saturated rings. The van der Waals surface area contributed by atoms with Gasteiger partial charge in [0.1, 0.15) is 5.82 Å². The van der Waals surface area contributed by atoms with E-state index in [0.29, 0.717) is 0 Å². The standard InChI is InChI=1S/C10H12F3N3O2/c1-2-18-9(17)7-8(14)16(4-15-7)6-3-5(6)10(11,12)13/h4-6H,2-3,14H2,1H3. The van der Waals surface area contributed by atoms with Crippen molar-refractivity contribution in [1.82, 2.24) is 9.55 Å². The van der Waals surface area contributed by atoms with E-state index < -0.39 is 24.1 Å². The highest BCUT2D eigenvalue weighted by Gasteiger charge is 2.57. The molecule has 1 saturated carbocycles. The molecule has 5 nitrogen and oxygen atoms in total. The van der Waals surface area contributed by atoms with Crippen LogP contribution in [0.4, 0.5) is 19.0 Å². The second-order valence-corrected chi connectivity index (χ2v) is 4.06. The summed E-state index contributed by atoms with van der Waals surface area (Å²) >= 11 is 0. The first-order chi connectivity index (χ1) is 8.36. The Hall–Kier alpha value is -1.73. The van der Waals surface area contributed by atoms with E-state index in [1.54, 1.807) is 6.92 Å². The fourth-order valence-corrected chi connectivity index (χ4v) is 1.83. The van der Waals surface area contributed by atoms with Gasteiger partial charge in [-0.1, -0.05) is 0 Å². The zero-order valence-corrected chi connectivity index (χ0v) is 9.57. The lowest BCUT2D eigenvalue weighted by atomic mass is 10.4. The van der Waals surface area contributed by atoms with Crippen molar-refractivity contribution in [2.24, 2.45) is 5.92 Å². The molecule has 18 heavy (non-hydrogen) atoms. The molecule has 0 aliphatic heterocycles. The van der Waals surface area contributed by atoms with Gasteiger partial charge in [-0.3, -0.25) is 0 Å². The Balaban J connectivity index is 2.16. The van der Waals surface area contributed by atoms with Gasteiger partial charge in [-0.2, -0.15) is 13.2 Å². The van der Waals surface area contributed by atoms with Crippen LogP contribution in [0.5, 0.6) is 0 Å². The van der Waals surface area contributed by atoms with E-state index in [4.69, 9.17) is 10.5 Å². The summed E-state index contributed by atoms with van der Waals surface area (Å²) in [4.78, 5) is 15.1. The van der Waals surface area contributed by atoms with Crippen molar-refractivity contribution in [2.45, 2.75) is 25.6 Å². The van der Waals surface area contributed by atoms with Crippen molar-refractivity contribution in [3.8, 4) is 0 Å². The summed E-state index contributed by atoms with van der Waals surface area (Å²) < 4.78 is 43.2. The summed E-state index contributed by atoms with van der Waals surface area (Å²) in [6.07, 6.45) is -3.13. The van der Waals surface area contributed by atoms with E-state index in [2.05, 4.69) is 4.98 Å². The zero-order valence-electron chi connectivity index (χ0n) is 9.57. The van der Waals surface area contributed by atoms with Crippen LogP contribution in [0.1, 0.15) is 29.9 Å². The number of nitrogens with two attached hydrogens (primary N) is 1. The minimum atomic E-state index is -4.24. The van der Waals surface area contributed by atoms with E-state index >= 15 is 0 Å². The highest BCUT2D eigenvalue weighted by molar-refractivity contribution is 5.92. The van der Waals surface area contributed by atoms with Crippen molar-refractivity contribution >= 4 is 11.8 Å². The number of esters is 1. The number of nitrogen functional groups attached to an aromatic ring is 1.